The van der Waals surface area contributed by atoms with E-state index in [1.807, 2.05) is 30.3 Å². The van der Waals surface area contributed by atoms with Crippen molar-refractivity contribution >= 4 is 18.1 Å². The molecule has 92 valence electrons. The van der Waals surface area contributed by atoms with E-state index in [2.05, 4.69) is 25.9 Å². The number of nitrogens with zero attached hydrogens (tertiary/aromatic N) is 5. The molecule has 1 aromatic carbocycles. The summed E-state index contributed by atoms with van der Waals surface area (Å²) in [6.07, 6.45) is 1.54. The van der Waals surface area contributed by atoms with Gasteiger partial charge in [-0.3, -0.25) is 4.79 Å². The lowest BCUT2D eigenvalue weighted by Crippen LogP contribution is -2.24. The van der Waals surface area contributed by atoms with Crippen LogP contribution in [0.2, 0.25) is 0 Å². The highest BCUT2D eigenvalue weighted by Gasteiger charge is 2.04. The molecule has 0 aliphatic heterocycles. The zero-order valence-electron chi connectivity index (χ0n) is 9.39. The average Bonchev–Trinajstić information content (AvgIpc) is 2.76. The Labute approximate surface area is 102 Å². The highest BCUT2D eigenvalue weighted by Crippen LogP contribution is 1.93. The van der Waals surface area contributed by atoms with E-state index in [1.54, 1.807) is 6.21 Å². The Morgan fingerprint density at radius 1 is 1.44 bits per heavy atom. The zero-order chi connectivity index (χ0) is 12.8. The summed E-state index contributed by atoms with van der Waals surface area (Å²) in [6.45, 7) is -0.0870. The quantitative estimate of drug-likeness (QED) is 0.552. The Morgan fingerprint density at radius 3 is 2.89 bits per heavy atom. The Kier molecular flexibility index (Phi) is 3.59. The number of nitrogens with two attached hydrogens (primary N) is 1. The number of hydrogen-bond acceptors (Lipinski definition) is 6. The van der Waals surface area contributed by atoms with E-state index >= 15 is 0 Å². The number of rotatable bonds is 4. The van der Waals surface area contributed by atoms with Gasteiger partial charge in [0, 0.05) is 0 Å². The van der Waals surface area contributed by atoms with Crippen molar-refractivity contribution in [2.24, 2.45) is 5.10 Å². The summed E-state index contributed by atoms with van der Waals surface area (Å²) in [4.78, 5) is 12.5. The van der Waals surface area contributed by atoms with E-state index in [0.29, 0.717) is 0 Å². The molecule has 1 aromatic heterocycles. The minimum absolute atomic E-state index is 0.0237. The van der Waals surface area contributed by atoms with Crippen molar-refractivity contribution in [3.05, 3.63) is 35.9 Å². The lowest BCUT2D eigenvalue weighted by atomic mass is 10.2. The summed E-state index contributed by atoms with van der Waals surface area (Å²) in [5.74, 6) is -0.338. The number of hydrogen-bond donors (Lipinski definition) is 2. The van der Waals surface area contributed by atoms with Crippen LogP contribution in [0.25, 0.3) is 0 Å². The van der Waals surface area contributed by atoms with Crippen molar-refractivity contribution in [1.29, 1.82) is 0 Å². The average molecular weight is 245 g/mol. The molecule has 0 unspecified atom stereocenters. The van der Waals surface area contributed by atoms with Crippen molar-refractivity contribution < 1.29 is 4.79 Å². The van der Waals surface area contributed by atoms with E-state index in [9.17, 15) is 4.79 Å². The maximum Gasteiger partial charge on any atom is 0.263 e. The smallest absolute Gasteiger partial charge is 0.263 e. The van der Waals surface area contributed by atoms with Crippen LogP contribution in [0.1, 0.15) is 5.56 Å². The summed E-state index contributed by atoms with van der Waals surface area (Å²) < 4.78 is 0. The number of benzene rings is 1. The van der Waals surface area contributed by atoms with Crippen LogP contribution in [0.15, 0.2) is 35.4 Å². The van der Waals surface area contributed by atoms with Gasteiger partial charge in [-0.05, 0) is 10.8 Å². The molecule has 0 bridgehead atoms. The maximum absolute atomic E-state index is 11.4. The number of aromatic nitrogens is 4. The molecule has 18 heavy (non-hydrogen) atoms. The monoisotopic (exact) mass is 245 g/mol. The van der Waals surface area contributed by atoms with Crippen LogP contribution < -0.4 is 11.2 Å². The van der Waals surface area contributed by atoms with Crippen LogP contribution in [-0.4, -0.2) is 32.3 Å². The van der Waals surface area contributed by atoms with Gasteiger partial charge >= 0.3 is 0 Å². The molecule has 3 N–H and O–H groups in total. The minimum atomic E-state index is -0.361. The SMILES string of the molecule is Nc1nnn(CC(=O)N/N=C\c2ccccc2)n1. The van der Waals surface area contributed by atoms with Gasteiger partial charge < -0.3 is 5.73 Å². The summed E-state index contributed by atoms with van der Waals surface area (Å²) in [6, 6.07) is 9.40. The Morgan fingerprint density at radius 2 is 2.22 bits per heavy atom. The summed E-state index contributed by atoms with van der Waals surface area (Å²) in [7, 11) is 0. The maximum atomic E-state index is 11.4. The number of tetrazole rings is 1. The summed E-state index contributed by atoms with van der Waals surface area (Å²) in [5, 5.41) is 14.5. The van der Waals surface area contributed by atoms with Crippen LogP contribution in [-0.2, 0) is 11.3 Å². The first kappa shape index (κ1) is 11.7. The summed E-state index contributed by atoms with van der Waals surface area (Å²) >= 11 is 0. The lowest BCUT2D eigenvalue weighted by Gasteiger charge is -1.97. The zero-order valence-corrected chi connectivity index (χ0v) is 9.39. The molecule has 2 rings (SSSR count). The molecule has 8 nitrogen and oxygen atoms in total. The molecule has 0 atom stereocenters. The standard InChI is InChI=1S/C10H11N7O/c11-10-14-16-17(15-10)7-9(18)13-12-6-8-4-2-1-3-5-8/h1-6H,7H2,(H2,11,15)(H,13,18)/b12-6-. The predicted molar refractivity (Wildman–Crippen MR) is 64.4 cm³/mol. The Hall–Kier alpha value is -2.77. The van der Waals surface area contributed by atoms with Gasteiger partial charge in [0.1, 0.15) is 6.54 Å². The first-order valence-corrected chi connectivity index (χ1v) is 5.14. The third-order valence-corrected chi connectivity index (χ3v) is 1.96. The number of carbonyl (C=O) groups is 1. The molecule has 0 aliphatic rings. The summed E-state index contributed by atoms with van der Waals surface area (Å²) in [5.41, 5.74) is 8.50. The Balaban J connectivity index is 1.83. The van der Waals surface area contributed by atoms with Gasteiger partial charge in [-0.2, -0.15) is 9.90 Å². The van der Waals surface area contributed by atoms with Gasteiger partial charge in [-0.15, -0.1) is 5.10 Å². The number of nitrogens with one attached hydrogen (secondary N) is 1. The molecule has 2 aromatic rings. The second-order valence-electron chi connectivity index (χ2n) is 3.38. The van der Waals surface area contributed by atoms with Gasteiger partial charge in [0.15, 0.2) is 0 Å². The van der Waals surface area contributed by atoms with Crippen LogP contribution in [0.4, 0.5) is 5.95 Å². The van der Waals surface area contributed by atoms with E-state index in [1.165, 1.54) is 0 Å². The number of carbonyl (C=O) groups excluding carboxylic acids is 1. The first-order valence-electron chi connectivity index (χ1n) is 5.14. The van der Waals surface area contributed by atoms with Crippen LogP contribution in [0, 0.1) is 0 Å². The molecule has 1 amide bonds. The second kappa shape index (κ2) is 5.53. The van der Waals surface area contributed by atoms with Gasteiger partial charge in [0.05, 0.1) is 6.21 Å². The lowest BCUT2D eigenvalue weighted by molar-refractivity contribution is -0.122. The van der Waals surface area contributed by atoms with E-state index in [4.69, 9.17) is 5.73 Å². The predicted octanol–water partition coefficient (Wildman–Crippen LogP) is -0.594. The molecule has 1 heterocycles. The number of anilines is 1. The number of hydrazone groups is 1. The third kappa shape index (κ3) is 3.37. The number of amides is 1. The fraction of sp³-hybridized carbons (Fsp3) is 0.100. The van der Waals surface area contributed by atoms with Gasteiger partial charge in [-0.25, -0.2) is 5.43 Å². The van der Waals surface area contributed by atoms with Crippen LogP contribution in [0.3, 0.4) is 0 Å². The number of nitrogen functional groups attached to an aromatic ring is 1. The molecular formula is C10H11N7O. The van der Waals surface area contributed by atoms with Crippen LogP contribution in [0.5, 0.6) is 0 Å². The highest BCUT2D eigenvalue weighted by molar-refractivity contribution is 5.82. The van der Waals surface area contributed by atoms with E-state index in [0.717, 1.165) is 10.4 Å². The van der Waals surface area contributed by atoms with Gasteiger partial charge in [0.2, 0.25) is 0 Å². The molecule has 0 fully saturated rings. The minimum Gasteiger partial charge on any atom is -0.365 e. The molecule has 0 radical (unpaired) electrons. The molecule has 0 saturated heterocycles. The topological polar surface area (TPSA) is 111 Å². The highest BCUT2D eigenvalue weighted by atomic mass is 16.2. The Bertz CT molecular complexity index is 548. The molecule has 0 saturated carbocycles. The van der Waals surface area contributed by atoms with Crippen molar-refractivity contribution in [3.8, 4) is 0 Å². The largest absolute Gasteiger partial charge is 0.365 e. The van der Waals surface area contributed by atoms with E-state index in [-0.39, 0.29) is 18.4 Å². The van der Waals surface area contributed by atoms with Gasteiger partial charge in [0.25, 0.3) is 11.9 Å². The molecule has 8 heteroatoms. The first-order chi connectivity index (χ1) is 8.74. The molecular weight excluding hydrogens is 234 g/mol. The molecule has 0 aliphatic carbocycles. The van der Waals surface area contributed by atoms with Crippen molar-refractivity contribution in [2.45, 2.75) is 6.54 Å². The fourth-order valence-corrected chi connectivity index (χ4v) is 1.20. The van der Waals surface area contributed by atoms with E-state index < -0.39 is 0 Å². The van der Waals surface area contributed by atoms with Crippen LogP contribution >= 0.6 is 0 Å². The van der Waals surface area contributed by atoms with Crippen molar-refractivity contribution in [1.82, 2.24) is 25.6 Å². The third-order valence-electron chi connectivity index (χ3n) is 1.96. The normalized spacial score (nSPS) is 10.7. The van der Waals surface area contributed by atoms with Gasteiger partial charge in [-0.1, -0.05) is 35.4 Å². The fourth-order valence-electron chi connectivity index (χ4n) is 1.20. The molecule has 0 spiro atoms. The second-order valence-corrected chi connectivity index (χ2v) is 3.38. The van der Waals surface area contributed by atoms with Crippen molar-refractivity contribution in [3.63, 3.8) is 0 Å². The van der Waals surface area contributed by atoms with Crippen molar-refractivity contribution in [2.75, 3.05) is 5.73 Å².